The fourth-order valence-electron chi connectivity index (χ4n) is 3.86. The molecule has 2 heterocycles. The highest BCUT2D eigenvalue weighted by atomic mass is 35.5. The minimum atomic E-state index is -0.571. The first-order valence-electron chi connectivity index (χ1n) is 8.76. The summed E-state index contributed by atoms with van der Waals surface area (Å²) in [6.07, 6.45) is 2.20. The maximum Gasteiger partial charge on any atom is 0.313 e. The number of esters is 1. The van der Waals surface area contributed by atoms with E-state index < -0.39 is 11.7 Å². The van der Waals surface area contributed by atoms with E-state index in [2.05, 4.69) is 5.32 Å². The molecule has 2 aliphatic rings. The van der Waals surface area contributed by atoms with Crippen molar-refractivity contribution in [2.45, 2.75) is 39.0 Å². The van der Waals surface area contributed by atoms with Crippen LogP contribution >= 0.6 is 11.6 Å². The Morgan fingerprint density at radius 2 is 2.12 bits per heavy atom. The van der Waals surface area contributed by atoms with Gasteiger partial charge in [-0.05, 0) is 49.9 Å². The Hall–Kier alpha value is -1.33. The Balaban J connectivity index is 2.05. The number of halogens is 2. The van der Waals surface area contributed by atoms with Gasteiger partial charge >= 0.3 is 5.97 Å². The third-order valence-electron chi connectivity index (χ3n) is 5.21. The molecule has 25 heavy (non-hydrogen) atoms. The van der Waals surface area contributed by atoms with Gasteiger partial charge in [-0.25, -0.2) is 4.39 Å². The number of methoxy groups -OCH3 is 1. The van der Waals surface area contributed by atoms with Gasteiger partial charge in [0.1, 0.15) is 11.6 Å². The number of fused-ring (bicyclic) bond motifs is 1. The van der Waals surface area contributed by atoms with Gasteiger partial charge in [-0.2, -0.15) is 0 Å². The zero-order chi connectivity index (χ0) is 18.2. The summed E-state index contributed by atoms with van der Waals surface area (Å²) in [7, 11) is 1.36. The molecule has 0 radical (unpaired) electrons. The van der Waals surface area contributed by atoms with Gasteiger partial charge in [-0.3, -0.25) is 4.79 Å². The Labute approximate surface area is 153 Å². The van der Waals surface area contributed by atoms with Crippen molar-refractivity contribution >= 4 is 17.6 Å². The predicted octanol–water partition coefficient (Wildman–Crippen LogP) is 3.70. The first-order chi connectivity index (χ1) is 11.8. The molecule has 1 unspecified atom stereocenters. The van der Waals surface area contributed by atoms with Crippen molar-refractivity contribution in [2.75, 3.05) is 26.8 Å². The van der Waals surface area contributed by atoms with E-state index in [9.17, 15) is 4.79 Å². The summed E-state index contributed by atoms with van der Waals surface area (Å²) in [5, 5.41) is 3.30. The maximum absolute atomic E-state index is 15.0. The molecule has 0 spiro atoms. The molecule has 0 saturated carbocycles. The van der Waals surface area contributed by atoms with E-state index in [0.29, 0.717) is 29.9 Å². The minimum absolute atomic E-state index is 0.0222. The molecule has 4 nitrogen and oxygen atoms in total. The van der Waals surface area contributed by atoms with Crippen LogP contribution in [0.15, 0.2) is 6.07 Å². The normalized spacial score (nSPS) is 21.2. The largest absolute Gasteiger partial charge is 0.493 e. The summed E-state index contributed by atoms with van der Waals surface area (Å²) < 4.78 is 25.8. The Bertz CT molecular complexity index is 671. The lowest BCUT2D eigenvalue weighted by Crippen LogP contribution is -2.34. The smallest absolute Gasteiger partial charge is 0.313 e. The van der Waals surface area contributed by atoms with Gasteiger partial charge < -0.3 is 14.8 Å². The number of hydrogen-bond donors (Lipinski definition) is 1. The van der Waals surface area contributed by atoms with Gasteiger partial charge in [-0.1, -0.05) is 25.4 Å². The number of carbonyl (C=O) groups excluding carboxylic acids is 1. The van der Waals surface area contributed by atoms with Gasteiger partial charge in [0.05, 0.1) is 24.7 Å². The number of hydrogen-bond acceptors (Lipinski definition) is 4. The Morgan fingerprint density at radius 3 is 2.76 bits per heavy atom. The lowest BCUT2D eigenvalue weighted by atomic mass is 9.78. The van der Waals surface area contributed by atoms with E-state index in [0.717, 1.165) is 25.9 Å². The monoisotopic (exact) mass is 369 g/mol. The van der Waals surface area contributed by atoms with Crippen LogP contribution in [-0.4, -0.2) is 32.8 Å². The number of nitrogens with one attached hydrogen (secondary N) is 1. The molecule has 6 heteroatoms. The first-order valence-corrected chi connectivity index (χ1v) is 9.14. The highest BCUT2D eigenvalue weighted by Crippen LogP contribution is 2.44. The minimum Gasteiger partial charge on any atom is -0.493 e. The Kier molecular flexibility index (Phi) is 5.26. The van der Waals surface area contributed by atoms with Crippen molar-refractivity contribution in [2.24, 2.45) is 11.3 Å². The number of rotatable bonds is 3. The highest BCUT2D eigenvalue weighted by Gasteiger charge is 2.37. The van der Waals surface area contributed by atoms with Crippen LogP contribution in [0.2, 0.25) is 5.02 Å². The van der Waals surface area contributed by atoms with Gasteiger partial charge in [0.15, 0.2) is 0 Å². The summed E-state index contributed by atoms with van der Waals surface area (Å²) in [6.45, 7) is 6.23. The van der Waals surface area contributed by atoms with Crippen LogP contribution in [0.25, 0.3) is 0 Å². The molecule has 0 amide bonds. The summed E-state index contributed by atoms with van der Waals surface area (Å²) in [4.78, 5) is 12.5. The molecule has 1 aromatic rings. The molecule has 2 aliphatic heterocycles. The van der Waals surface area contributed by atoms with Crippen LogP contribution in [0.4, 0.5) is 4.39 Å². The molecule has 1 N–H and O–H groups in total. The molecule has 1 saturated heterocycles. The average molecular weight is 370 g/mol. The lowest BCUT2D eigenvalue weighted by molar-refractivity contribution is -0.144. The second-order valence-electron chi connectivity index (χ2n) is 7.79. The summed E-state index contributed by atoms with van der Waals surface area (Å²) in [5.74, 6) is -0.838. The van der Waals surface area contributed by atoms with Gasteiger partial charge in [0, 0.05) is 11.0 Å². The highest BCUT2D eigenvalue weighted by molar-refractivity contribution is 6.32. The summed E-state index contributed by atoms with van der Waals surface area (Å²) in [5.41, 5.74) is 0.838. The fraction of sp³-hybridized carbons (Fsp3) is 0.632. The predicted molar refractivity (Wildman–Crippen MR) is 94.7 cm³/mol. The molecule has 0 bridgehead atoms. The second-order valence-corrected chi connectivity index (χ2v) is 8.17. The molecule has 1 atom stereocenters. The average Bonchev–Trinajstić information content (AvgIpc) is 2.60. The van der Waals surface area contributed by atoms with Crippen molar-refractivity contribution < 1.29 is 18.7 Å². The van der Waals surface area contributed by atoms with Crippen LogP contribution < -0.4 is 10.1 Å². The van der Waals surface area contributed by atoms with E-state index in [4.69, 9.17) is 21.1 Å². The zero-order valence-corrected chi connectivity index (χ0v) is 15.7. The zero-order valence-electron chi connectivity index (χ0n) is 15.0. The van der Waals surface area contributed by atoms with E-state index >= 15 is 4.39 Å². The van der Waals surface area contributed by atoms with Crippen molar-refractivity contribution in [3.05, 3.63) is 28.0 Å². The van der Waals surface area contributed by atoms with E-state index in [1.807, 2.05) is 13.8 Å². The standard InChI is InChI=1S/C19H25ClFNO3/c1-19(2)9-13-14(25-10-19)8-12(16(20)17(13)21)15(18(23)24-3)11-4-6-22-7-5-11/h8,11,15,22H,4-7,9-10H2,1-3H3. The fourth-order valence-corrected chi connectivity index (χ4v) is 4.15. The lowest BCUT2D eigenvalue weighted by Gasteiger charge is -2.34. The summed E-state index contributed by atoms with van der Waals surface area (Å²) >= 11 is 6.38. The second kappa shape index (κ2) is 7.12. The third-order valence-corrected chi connectivity index (χ3v) is 5.60. The van der Waals surface area contributed by atoms with Crippen LogP contribution in [0.3, 0.4) is 0 Å². The van der Waals surface area contributed by atoms with Crippen molar-refractivity contribution in [1.29, 1.82) is 0 Å². The van der Waals surface area contributed by atoms with Crippen LogP contribution in [0, 0.1) is 17.2 Å². The molecule has 1 fully saturated rings. The van der Waals surface area contributed by atoms with Crippen LogP contribution in [0.5, 0.6) is 5.75 Å². The number of carbonyl (C=O) groups is 1. The van der Waals surface area contributed by atoms with Crippen LogP contribution in [-0.2, 0) is 16.0 Å². The molecule has 1 aromatic carbocycles. The van der Waals surface area contributed by atoms with E-state index in [-0.39, 0.29) is 22.3 Å². The van der Waals surface area contributed by atoms with Crippen LogP contribution in [0.1, 0.15) is 43.7 Å². The number of piperidine rings is 1. The number of benzene rings is 1. The van der Waals surface area contributed by atoms with Crippen molar-refractivity contribution in [3.63, 3.8) is 0 Å². The molecule has 3 rings (SSSR count). The molecular weight excluding hydrogens is 345 g/mol. The van der Waals surface area contributed by atoms with Gasteiger partial charge in [-0.15, -0.1) is 0 Å². The quantitative estimate of drug-likeness (QED) is 0.825. The van der Waals surface area contributed by atoms with Gasteiger partial charge in [0.25, 0.3) is 0 Å². The first kappa shape index (κ1) is 18.5. The molecular formula is C19H25ClFNO3. The molecule has 138 valence electrons. The summed E-state index contributed by atoms with van der Waals surface area (Å²) in [6, 6.07) is 1.75. The van der Waals surface area contributed by atoms with E-state index in [1.165, 1.54) is 7.11 Å². The maximum atomic E-state index is 15.0. The van der Waals surface area contributed by atoms with Crippen molar-refractivity contribution in [3.8, 4) is 5.75 Å². The number of ether oxygens (including phenoxy) is 2. The topological polar surface area (TPSA) is 47.6 Å². The Morgan fingerprint density at radius 1 is 1.44 bits per heavy atom. The SMILES string of the molecule is COC(=O)C(c1cc2c(c(F)c1Cl)CC(C)(C)CO2)C1CCNCC1. The van der Waals surface area contributed by atoms with Crippen molar-refractivity contribution in [1.82, 2.24) is 5.32 Å². The van der Waals surface area contributed by atoms with E-state index in [1.54, 1.807) is 6.07 Å². The molecule has 0 aromatic heterocycles. The third kappa shape index (κ3) is 3.63. The van der Waals surface area contributed by atoms with Gasteiger partial charge in [0.2, 0.25) is 0 Å². The molecule has 0 aliphatic carbocycles.